The highest BCUT2D eigenvalue weighted by molar-refractivity contribution is 6.40. The second-order valence-corrected chi connectivity index (χ2v) is 10.3. The summed E-state index contributed by atoms with van der Waals surface area (Å²) in [6.45, 7) is 6.18. The Kier molecular flexibility index (Phi) is 4.90. The monoisotopic (exact) mass is 489 g/mol. The van der Waals surface area contributed by atoms with Crippen molar-refractivity contribution in [1.82, 2.24) is 0 Å². The Balaban J connectivity index is 1.29. The first-order valence-electron chi connectivity index (χ1n) is 13.0. The molecule has 4 aliphatic heterocycles. The van der Waals surface area contributed by atoms with Crippen molar-refractivity contribution in [3.63, 3.8) is 0 Å². The first-order chi connectivity index (χ1) is 18.0. The van der Waals surface area contributed by atoms with E-state index in [1.54, 1.807) is 36.4 Å². The number of fused-ring (bicyclic) bond motifs is 3. The van der Waals surface area contributed by atoms with Gasteiger partial charge in [0, 0.05) is 47.1 Å². The van der Waals surface area contributed by atoms with Gasteiger partial charge in [-0.3, -0.25) is 9.59 Å². The normalized spacial score (nSPS) is 21.0. The number of benzene rings is 2. The van der Waals surface area contributed by atoms with E-state index in [0.717, 1.165) is 43.7 Å². The molecular formula is C32H27NO4. The SMILES string of the molecule is CC1=CC(=C2C(=O)c3ccccc3C2=O)C=C(C=C2C=C(C)c3cc4c5c(c3O2)CCCN5CCC4)O1. The van der Waals surface area contributed by atoms with Crippen molar-refractivity contribution in [2.75, 3.05) is 18.0 Å². The van der Waals surface area contributed by atoms with Crippen LogP contribution >= 0.6 is 0 Å². The lowest BCUT2D eigenvalue weighted by Crippen LogP contribution is -2.35. The molecule has 0 spiro atoms. The summed E-state index contributed by atoms with van der Waals surface area (Å²) in [5, 5.41) is 0. The van der Waals surface area contributed by atoms with Crippen LogP contribution in [0.15, 0.2) is 83.1 Å². The molecule has 4 heterocycles. The van der Waals surface area contributed by atoms with Crippen LogP contribution in [0.4, 0.5) is 5.69 Å². The van der Waals surface area contributed by atoms with Crippen molar-refractivity contribution >= 4 is 22.8 Å². The molecule has 5 aliphatic rings. The highest BCUT2D eigenvalue weighted by Crippen LogP contribution is 2.47. The predicted octanol–water partition coefficient (Wildman–Crippen LogP) is 6.26. The van der Waals surface area contributed by atoms with Crippen LogP contribution in [0.25, 0.3) is 5.57 Å². The number of ether oxygens (including phenoxy) is 2. The number of allylic oxidation sites excluding steroid dienone is 8. The Morgan fingerprint density at radius 2 is 1.59 bits per heavy atom. The minimum atomic E-state index is -0.239. The van der Waals surface area contributed by atoms with E-state index in [1.807, 2.05) is 19.1 Å². The van der Waals surface area contributed by atoms with Gasteiger partial charge >= 0.3 is 0 Å². The minimum Gasteiger partial charge on any atom is -0.462 e. The Labute approximate surface area is 216 Å². The van der Waals surface area contributed by atoms with Gasteiger partial charge in [0.1, 0.15) is 23.0 Å². The predicted molar refractivity (Wildman–Crippen MR) is 143 cm³/mol. The molecule has 7 rings (SSSR count). The number of Topliss-reactive ketones (excluding diaryl/α,β-unsaturated/α-hetero) is 2. The lowest BCUT2D eigenvalue weighted by atomic mass is 9.86. The van der Waals surface area contributed by atoms with Crippen molar-refractivity contribution in [3.05, 3.63) is 111 Å². The van der Waals surface area contributed by atoms with Crippen LogP contribution in [0.5, 0.6) is 5.75 Å². The zero-order valence-corrected chi connectivity index (χ0v) is 21.0. The van der Waals surface area contributed by atoms with Crippen LogP contribution in [0.2, 0.25) is 0 Å². The molecule has 5 nitrogen and oxygen atoms in total. The third kappa shape index (κ3) is 3.45. The number of aryl methyl sites for hydroxylation is 1. The van der Waals surface area contributed by atoms with E-state index in [9.17, 15) is 9.59 Å². The van der Waals surface area contributed by atoms with Crippen LogP contribution in [0.3, 0.4) is 0 Å². The summed E-state index contributed by atoms with van der Waals surface area (Å²) in [7, 11) is 0. The molecule has 0 saturated carbocycles. The number of hydrogen-bond donors (Lipinski definition) is 0. The number of ketones is 2. The van der Waals surface area contributed by atoms with Crippen LogP contribution in [-0.2, 0) is 17.6 Å². The molecular weight excluding hydrogens is 462 g/mol. The highest BCUT2D eigenvalue weighted by Gasteiger charge is 2.35. The van der Waals surface area contributed by atoms with Gasteiger partial charge in [-0.25, -0.2) is 0 Å². The van der Waals surface area contributed by atoms with Crippen LogP contribution < -0.4 is 9.64 Å². The fourth-order valence-electron chi connectivity index (χ4n) is 6.28. The first kappa shape index (κ1) is 22.1. The summed E-state index contributed by atoms with van der Waals surface area (Å²) >= 11 is 0. The second-order valence-electron chi connectivity index (χ2n) is 10.3. The van der Waals surface area contributed by atoms with E-state index in [4.69, 9.17) is 9.47 Å². The molecule has 2 aromatic rings. The van der Waals surface area contributed by atoms with Crippen LogP contribution in [0, 0.1) is 0 Å². The zero-order valence-electron chi connectivity index (χ0n) is 21.0. The molecule has 0 aromatic heterocycles. The molecule has 184 valence electrons. The Morgan fingerprint density at radius 1 is 0.865 bits per heavy atom. The van der Waals surface area contributed by atoms with Gasteiger partial charge in [0.2, 0.25) is 0 Å². The summed E-state index contributed by atoms with van der Waals surface area (Å²) in [6.07, 6.45) is 11.9. The quantitative estimate of drug-likeness (QED) is 0.350. The lowest BCUT2D eigenvalue weighted by molar-refractivity contribution is 0.0988. The van der Waals surface area contributed by atoms with Gasteiger partial charge in [-0.15, -0.1) is 0 Å². The van der Waals surface area contributed by atoms with E-state index in [0.29, 0.717) is 34.0 Å². The molecule has 0 fully saturated rings. The number of rotatable bonds is 1. The summed E-state index contributed by atoms with van der Waals surface area (Å²) in [5.74, 6) is 2.32. The molecule has 2 aromatic carbocycles. The van der Waals surface area contributed by atoms with Gasteiger partial charge in [-0.1, -0.05) is 24.3 Å². The average Bonchev–Trinajstić information content (AvgIpc) is 3.14. The van der Waals surface area contributed by atoms with Crippen molar-refractivity contribution < 1.29 is 19.1 Å². The van der Waals surface area contributed by atoms with E-state index in [-0.39, 0.29) is 17.1 Å². The fourth-order valence-corrected chi connectivity index (χ4v) is 6.28. The maximum atomic E-state index is 13.1. The molecule has 37 heavy (non-hydrogen) atoms. The molecule has 0 saturated heterocycles. The maximum absolute atomic E-state index is 13.1. The Bertz CT molecular complexity index is 1540. The minimum absolute atomic E-state index is 0.192. The smallest absolute Gasteiger partial charge is 0.198 e. The molecule has 1 aliphatic carbocycles. The Hall–Kier alpha value is -4.12. The number of hydrogen-bond acceptors (Lipinski definition) is 5. The maximum Gasteiger partial charge on any atom is 0.198 e. The van der Waals surface area contributed by atoms with Gasteiger partial charge < -0.3 is 14.4 Å². The lowest BCUT2D eigenvalue weighted by Gasteiger charge is -2.39. The second kappa shape index (κ2) is 8.20. The van der Waals surface area contributed by atoms with Gasteiger partial charge in [-0.05, 0) is 80.5 Å². The summed E-state index contributed by atoms with van der Waals surface area (Å²) in [6, 6.07) is 9.29. The topological polar surface area (TPSA) is 55.8 Å². The van der Waals surface area contributed by atoms with Gasteiger partial charge in [0.15, 0.2) is 11.6 Å². The first-order valence-corrected chi connectivity index (χ1v) is 13.0. The third-order valence-electron chi connectivity index (χ3n) is 7.85. The van der Waals surface area contributed by atoms with E-state index in [2.05, 4.69) is 17.9 Å². The third-order valence-corrected chi connectivity index (χ3v) is 7.85. The molecule has 0 atom stereocenters. The van der Waals surface area contributed by atoms with Crippen molar-refractivity contribution in [2.24, 2.45) is 0 Å². The average molecular weight is 490 g/mol. The summed E-state index contributed by atoms with van der Waals surface area (Å²) in [4.78, 5) is 28.7. The van der Waals surface area contributed by atoms with Crippen molar-refractivity contribution in [3.8, 4) is 5.75 Å². The van der Waals surface area contributed by atoms with Crippen LogP contribution in [-0.4, -0.2) is 24.7 Å². The Morgan fingerprint density at radius 3 is 2.35 bits per heavy atom. The molecule has 0 amide bonds. The standard InChI is InChI=1S/C32H27NO4/c1-18-13-22(37-32-26-10-6-12-33-11-5-7-20(29(26)33)16-27(18)32)17-23-15-21(14-19(2)36-23)28-30(34)24-8-3-4-9-25(24)31(28)35/h3-4,8-9,13-17H,5-7,10-12H2,1-2H3. The van der Waals surface area contributed by atoms with E-state index in [1.165, 1.54) is 28.8 Å². The number of carbonyl (C=O) groups excluding carboxylic acids is 2. The molecule has 0 bridgehead atoms. The highest BCUT2D eigenvalue weighted by atomic mass is 16.5. The molecule has 0 radical (unpaired) electrons. The molecule has 0 N–H and O–H groups in total. The number of nitrogens with zero attached hydrogens (tertiary/aromatic N) is 1. The van der Waals surface area contributed by atoms with E-state index >= 15 is 0 Å². The fraction of sp³-hybridized carbons (Fsp3) is 0.250. The number of anilines is 1. The molecule has 0 unspecified atom stereocenters. The van der Waals surface area contributed by atoms with Gasteiger partial charge in [0.05, 0.1) is 5.57 Å². The zero-order chi connectivity index (χ0) is 25.3. The molecule has 5 heteroatoms. The van der Waals surface area contributed by atoms with Gasteiger partial charge in [0.25, 0.3) is 0 Å². The summed E-state index contributed by atoms with van der Waals surface area (Å²) < 4.78 is 12.5. The van der Waals surface area contributed by atoms with E-state index < -0.39 is 0 Å². The van der Waals surface area contributed by atoms with Gasteiger partial charge in [-0.2, -0.15) is 0 Å². The van der Waals surface area contributed by atoms with Crippen molar-refractivity contribution in [1.29, 1.82) is 0 Å². The van der Waals surface area contributed by atoms with Crippen LogP contribution in [0.1, 0.15) is 64.1 Å². The largest absolute Gasteiger partial charge is 0.462 e. The summed E-state index contributed by atoms with van der Waals surface area (Å²) in [5.41, 5.74) is 8.13. The number of carbonyl (C=O) groups is 2. The van der Waals surface area contributed by atoms with Crippen molar-refractivity contribution in [2.45, 2.75) is 39.5 Å².